The molecule has 2 N–H and O–H groups in total. The topological polar surface area (TPSA) is 109 Å². The standard InChI is InChI=1S/C22H27N7O3/c1-27-7-5-14-9-19(32-2)18(8-15(14)12-27)25-21-23-10-16-11-24-29(20(16)26-21)13-17-4-3-6-28(17)22(30)31/h8-11,17H,3-7,12-13H2,1-2H3,(H,30,31)(H,23,25,26). The summed E-state index contributed by atoms with van der Waals surface area (Å²) in [4.78, 5) is 24.4. The van der Waals surface area contributed by atoms with Crippen LogP contribution >= 0.6 is 0 Å². The van der Waals surface area contributed by atoms with Gasteiger partial charge in [0.15, 0.2) is 5.65 Å². The zero-order chi connectivity index (χ0) is 22.2. The number of methoxy groups -OCH3 is 1. The minimum absolute atomic E-state index is 0.0975. The lowest BCUT2D eigenvalue weighted by molar-refractivity contribution is 0.135. The number of hydrogen-bond acceptors (Lipinski definition) is 7. The van der Waals surface area contributed by atoms with E-state index in [-0.39, 0.29) is 6.04 Å². The molecular formula is C22H27N7O3. The lowest BCUT2D eigenvalue weighted by Gasteiger charge is -2.26. The van der Waals surface area contributed by atoms with Crippen molar-refractivity contribution in [2.24, 2.45) is 0 Å². The van der Waals surface area contributed by atoms with Gasteiger partial charge < -0.3 is 25.0 Å². The first-order valence-electron chi connectivity index (χ1n) is 10.9. The van der Waals surface area contributed by atoms with Crippen LogP contribution in [0.3, 0.4) is 0 Å². The molecule has 0 aliphatic carbocycles. The van der Waals surface area contributed by atoms with Crippen LogP contribution in [0, 0.1) is 0 Å². The average Bonchev–Trinajstić information content (AvgIpc) is 3.41. The van der Waals surface area contributed by atoms with Crippen molar-refractivity contribution in [2.75, 3.05) is 32.6 Å². The van der Waals surface area contributed by atoms with E-state index in [1.54, 1.807) is 24.2 Å². The summed E-state index contributed by atoms with van der Waals surface area (Å²) in [5.74, 6) is 1.21. The first-order valence-corrected chi connectivity index (χ1v) is 10.9. The lowest BCUT2D eigenvalue weighted by Crippen LogP contribution is -2.37. The Bertz CT molecular complexity index is 1160. The number of carbonyl (C=O) groups is 1. The van der Waals surface area contributed by atoms with Crippen LogP contribution in [0.2, 0.25) is 0 Å². The molecule has 5 rings (SSSR count). The van der Waals surface area contributed by atoms with Crippen LogP contribution in [0.4, 0.5) is 16.4 Å². The number of nitrogens with zero attached hydrogens (tertiary/aromatic N) is 6. The van der Waals surface area contributed by atoms with E-state index in [4.69, 9.17) is 9.72 Å². The smallest absolute Gasteiger partial charge is 0.407 e. The van der Waals surface area contributed by atoms with Gasteiger partial charge in [-0.2, -0.15) is 10.1 Å². The molecule has 10 heteroatoms. The number of carboxylic acid groups (broad SMARTS) is 1. The number of likely N-dealkylation sites (tertiary alicyclic amines) is 1. The Labute approximate surface area is 185 Å². The number of likely N-dealkylation sites (N-methyl/N-ethyl adjacent to an activating group) is 1. The summed E-state index contributed by atoms with van der Waals surface area (Å²) in [5.41, 5.74) is 4.07. The lowest BCUT2D eigenvalue weighted by atomic mass is 9.99. The molecule has 0 spiro atoms. The van der Waals surface area contributed by atoms with Crippen LogP contribution < -0.4 is 10.1 Å². The molecule has 0 bridgehead atoms. The minimum Gasteiger partial charge on any atom is -0.495 e. The summed E-state index contributed by atoms with van der Waals surface area (Å²) < 4.78 is 7.39. The Morgan fingerprint density at radius 1 is 1.28 bits per heavy atom. The molecule has 0 radical (unpaired) electrons. The first kappa shape index (κ1) is 20.5. The highest BCUT2D eigenvalue weighted by Gasteiger charge is 2.29. The van der Waals surface area contributed by atoms with E-state index in [2.05, 4.69) is 39.5 Å². The van der Waals surface area contributed by atoms with E-state index in [1.807, 2.05) is 0 Å². The summed E-state index contributed by atoms with van der Waals surface area (Å²) in [5, 5.41) is 18.0. The van der Waals surface area contributed by atoms with Crippen LogP contribution in [0.5, 0.6) is 5.75 Å². The molecule has 0 saturated carbocycles. The molecule has 1 saturated heterocycles. The number of fused-ring (bicyclic) bond motifs is 2. The van der Waals surface area contributed by atoms with Crippen LogP contribution in [0.25, 0.3) is 11.0 Å². The maximum absolute atomic E-state index is 11.5. The van der Waals surface area contributed by atoms with Gasteiger partial charge in [0.1, 0.15) is 5.75 Å². The van der Waals surface area contributed by atoms with Gasteiger partial charge in [-0.3, -0.25) is 0 Å². The number of nitrogens with one attached hydrogen (secondary N) is 1. The van der Waals surface area contributed by atoms with Crippen molar-refractivity contribution in [3.05, 3.63) is 35.7 Å². The molecule has 2 aliphatic heterocycles. The first-order chi connectivity index (χ1) is 15.5. The van der Waals surface area contributed by atoms with Gasteiger partial charge in [0.05, 0.1) is 37.0 Å². The van der Waals surface area contributed by atoms with E-state index in [0.717, 1.165) is 49.2 Å². The third-order valence-corrected chi connectivity index (χ3v) is 6.35. The molecule has 4 heterocycles. The molecule has 1 atom stereocenters. The number of anilines is 2. The predicted octanol–water partition coefficient (Wildman–Crippen LogP) is 2.71. The van der Waals surface area contributed by atoms with Gasteiger partial charge in [0.2, 0.25) is 5.95 Å². The van der Waals surface area contributed by atoms with Crippen molar-refractivity contribution in [2.45, 2.75) is 38.4 Å². The Balaban J connectivity index is 1.43. The van der Waals surface area contributed by atoms with Gasteiger partial charge >= 0.3 is 6.09 Å². The van der Waals surface area contributed by atoms with Gasteiger partial charge in [-0.15, -0.1) is 0 Å². The van der Waals surface area contributed by atoms with Crippen LogP contribution in [-0.4, -0.2) is 74.0 Å². The summed E-state index contributed by atoms with van der Waals surface area (Å²) in [6.45, 7) is 2.96. The maximum atomic E-state index is 11.5. The molecule has 10 nitrogen and oxygen atoms in total. The Morgan fingerprint density at radius 2 is 2.16 bits per heavy atom. The summed E-state index contributed by atoms with van der Waals surface area (Å²) in [6.07, 6.45) is 5.26. The van der Waals surface area contributed by atoms with Gasteiger partial charge in [-0.1, -0.05) is 0 Å². The summed E-state index contributed by atoms with van der Waals surface area (Å²) in [6, 6.07) is 4.10. The highest BCUT2D eigenvalue weighted by molar-refractivity contribution is 5.76. The van der Waals surface area contributed by atoms with Gasteiger partial charge in [-0.25, -0.2) is 14.5 Å². The fourth-order valence-electron chi connectivity index (χ4n) is 4.65. The molecule has 168 valence electrons. The highest BCUT2D eigenvalue weighted by atomic mass is 16.5. The molecule has 2 aromatic heterocycles. The quantitative estimate of drug-likeness (QED) is 0.627. The zero-order valence-corrected chi connectivity index (χ0v) is 18.3. The fraction of sp³-hybridized carbons (Fsp3) is 0.455. The largest absolute Gasteiger partial charge is 0.495 e. The molecule has 3 aromatic rings. The Kier molecular flexibility index (Phi) is 5.30. The second-order valence-electron chi connectivity index (χ2n) is 8.51. The monoisotopic (exact) mass is 437 g/mol. The minimum atomic E-state index is -0.883. The van der Waals surface area contributed by atoms with Gasteiger partial charge in [0, 0.05) is 25.8 Å². The van der Waals surface area contributed by atoms with E-state index in [1.165, 1.54) is 16.0 Å². The Hall–Kier alpha value is -3.40. The number of benzene rings is 1. The van der Waals surface area contributed by atoms with Gasteiger partial charge in [0.25, 0.3) is 0 Å². The zero-order valence-electron chi connectivity index (χ0n) is 18.3. The third kappa shape index (κ3) is 3.81. The SMILES string of the molecule is COc1cc2c(cc1Nc1ncc3cnn(CC4CCCN4C(=O)O)c3n1)CN(C)CC2. The number of aromatic nitrogens is 4. The van der Waals surface area contributed by atoms with Crippen molar-refractivity contribution < 1.29 is 14.6 Å². The van der Waals surface area contributed by atoms with E-state index in [0.29, 0.717) is 24.7 Å². The van der Waals surface area contributed by atoms with Gasteiger partial charge in [-0.05, 0) is 49.6 Å². The predicted molar refractivity (Wildman–Crippen MR) is 119 cm³/mol. The molecule has 1 aromatic carbocycles. The van der Waals surface area contributed by atoms with E-state index < -0.39 is 6.09 Å². The van der Waals surface area contributed by atoms with Crippen LogP contribution in [0.15, 0.2) is 24.5 Å². The highest BCUT2D eigenvalue weighted by Crippen LogP contribution is 2.33. The number of amides is 1. The second-order valence-corrected chi connectivity index (χ2v) is 8.51. The number of ether oxygens (including phenoxy) is 1. The average molecular weight is 438 g/mol. The number of rotatable bonds is 5. The molecule has 2 aliphatic rings. The summed E-state index contributed by atoms with van der Waals surface area (Å²) in [7, 11) is 3.78. The van der Waals surface area contributed by atoms with Crippen molar-refractivity contribution in [3.63, 3.8) is 0 Å². The fourth-order valence-corrected chi connectivity index (χ4v) is 4.65. The van der Waals surface area contributed by atoms with Crippen LogP contribution in [-0.2, 0) is 19.5 Å². The van der Waals surface area contributed by atoms with E-state index in [9.17, 15) is 9.90 Å². The molecule has 1 amide bonds. The van der Waals surface area contributed by atoms with E-state index >= 15 is 0 Å². The van der Waals surface area contributed by atoms with Crippen molar-refractivity contribution in [3.8, 4) is 5.75 Å². The van der Waals surface area contributed by atoms with Crippen molar-refractivity contribution >= 4 is 28.8 Å². The van der Waals surface area contributed by atoms with Crippen LogP contribution in [0.1, 0.15) is 24.0 Å². The summed E-state index contributed by atoms with van der Waals surface area (Å²) >= 11 is 0. The Morgan fingerprint density at radius 3 is 2.97 bits per heavy atom. The molecule has 32 heavy (non-hydrogen) atoms. The molecular weight excluding hydrogens is 410 g/mol. The van der Waals surface area contributed by atoms with Crippen molar-refractivity contribution in [1.29, 1.82) is 0 Å². The van der Waals surface area contributed by atoms with Crippen molar-refractivity contribution in [1.82, 2.24) is 29.5 Å². The second kappa shape index (κ2) is 8.27. The third-order valence-electron chi connectivity index (χ3n) is 6.35. The normalized spacial score (nSPS) is 18.7. The maximum Gasteiger partial charge on any atom is 0.407 e. The molecule has 1 fully saturated rings. The number of hydrogen-bond donors (Lipinski definition) is 2. The molecule has 1 unspecified atom stereocenters.